The van der Waals surface area contributed by atoms with Crippen LogP contribution in [0.1, 0.15) is 48.1 Å². The molecule has 51 heavy (non-hydrogen) atoms. The maximum Gasteiger partial charge on any atom is 0.573 e. The third-order valence-electron chi connectivity index (χ3n) is 7.55. The van der Waals surface area contributed by atoms with Gasteiger partial charge in [0.1, 0.15) is 5.75 Å². The smallest absolute Gasteiger partial charge is 0.406 e. The normalized spacial score (nSPS) is 17.7. The van der Waals surface area contributed by atoms with Crippen molar-refractivity contribution in [3.05, 3.63) is 58.7 Å². The Morgan fingerprint density at radius 1 is 0.863 bits per heavy atom. The van der Waals surface area contributed by atoms with Crippen LogP contribution in [-0.4, -0.2) is 56.5 Å². The lowest BCUT2D eigenvalue weighted by molar-refractivity contribution is -0.343. The van der Waals surface area contributed by atoms with Gasteiger partial charge in [-0.05, 0) is 60.0 Å². The number of rotatable bonds is 8. The first-order valence-electron chi connectivity index (χ1n) is 13.9. The molecule has 2 heterocycles. The van der Waals surface area contributed by atoms with E-state index < -0.39 is 114 Å². The van der Waals surface area contributed by atoms with Gasteiger partial charge in [-0.2, -0.15) is 61.9 Å². The number of hydrogen-bond acceptors (Lipinski definition) is 6. The van der Waals surface area contributed by atoms with E-state index in [1.54, 1.807) is 0 Å². The number of carbonyl (C=O) groups is 1. The fourth-order valence-corrected chi connectivity index (χ4v) is 5.30. The van der Waals surface area contributed by atoms with Crippen molar-refractivity contribution in [3.8, 4) is 5.75 Å². The standard InChI is InChI=1S/C27H20F16N6O2/c1-3-15-9-19(48(21-44-46-47(2)45-21)11-12-6-13(23(30,31)32)8-14(7-12)24(33,34)35)17-10-16(51-27(41,42)43)4-5-18(17)49(15)20(50)22(28,29)25(36,37)26(38,39)40/h4-8,10,15,19H,3,9,11H2,1-2H3. The first-order valence-corrected chi connectivity index (χ1v) is 13.9. The largest absolute Gasteiger partial charge is 0.573 e. The van der Waals surface area contributed by atoms with Crippen molar-refractivity contribution in [2.24, 2.45) is 7.05 Å². The number of aromatic nitrogens is 4. The monoisotopic (exact) mass is 764 g/mol. The van der Waals surface area contributed by atoms with Crippen molar-refractivity contribution in [1.29, 1.82) is 0 Å². The first kappa shape index (κ1) is 39.2. The Kier molecular flexibility index (Phi) is 9.93. The number of halogens is 16. The molecule has 3 aromatic rings. The molecule has 2 aromatic carbocycles. The molecule has 0 saturated carbocycles. The van der Waals surface area contributed by atoms with Gasteiger partial charge in [0.15, 0.2) is 0 Å². The number of amides is 1. The molecule has 0 saturated heterocycles. The van der Waals surface area contributed by atoms with Gasteiger partial charge in [-0.15, -0.1) is 18.3 Å². The molecule has 2 atom stereocenters. The highest BCUT2D eigenvalue weighted by atomic mass is 19.4. The van der Waals surface area contributed by atoms with Crippen molar-refractivity contribution in [1.82, 2.24) is 20.2 Å². The number of nitrogens with zero attached hydrogens (tertiary/aromatic N) is 6. The Morgan fingerprint density at radius 2 is 1.43 bits per heavy atom. The minimum absolute atomic E-state index is 0.197. The molecule has 0 spiro atoms. The summed E-state index contributed by atoms with van der Waals surface area (Å²) < 4.78 is 222. The highest BCUT2D eigenvalue weighted by Gasteiger charge is 2.77. The van der Waals surface area contributed by atoms with Gasteiger partial charge in [-0.1, -0.05) is 12.0 Å². The molecule has 1 aliphatic heterocycles. The summed E-state index contributed by atoms with van der Waals surface area (Å²) in [7, 11) is 1.14. The predicted molar refractivity (Wildman–Crippen MR) is 139 cm³/mol. The third-order valence-corrected chi connectivity index (χ3v) is 7.55. The highest BCUT2D eigenvalue weighted by Crippen LogP contribution is 2.51. The fourth-order valence-electron chi connectivity index (χ4n) is 5.30. The second-order valence-electron chi connectivity index (χ2n) is 11.0. The maximum absolute atomic E-state index is 14.8. The summed E-state index contributed by atoms with van der Waals surface area (Å²) >= 11 is 0. The lowest BCUT2D eigenvalue weighted by atomic mass is 9.87. The van der Waals surface area contributed by atoms with E-state index in [9.17, 15) is 75.0 Å². The van der Waals surface area contributed by atoms with Crippen LogP contribution in [0.25, 0.3) is 0 Å². The van der Waals surface area contributed by atoms with Crippen LogP contribution in [0.4, 0.5) is 81.9 Å². The van der Waals surface area contributed by atoms with E-state index in [0.29, 0.717) is 18.2 Å². The van der Waals surface area contributed by atoms with Crippen LogP contribution in [0, 0.1) is 0 Å². The average Bonchev–Trinajstić information content (AvgIpc) is 3.42. The third kappa shape index (κ3) is 7.87. The van der Waals surface area contributed by atoms with E-state index in [2.05, 4.69) is 20.1 Å². The van der Waals surface area contributed by atoms with Crippen LogP contribution in [-0.2, 0) is 30.7 Å². The summed E-state index contributed by atoms with van der Waals surface area (Å²) in [6.07, 6.45) is -24.5. The zero-order valence-electron chi connectivity index (χ0n) is 25.3. The number of tetrazole rings is 1. The minimum atomic E-state index is -6.96. The molecule has 2 unspecified atom stereocenters. The van der Waals surface area contributed by atoms with Crippen LogP contribution in [0.3, 0.4) is 0 Å². The molecular formula is C27H20F16N6O2. The molecule has 24 heteroatoms. The number of alkyl halides is 16. The highest BCUT2D eigenvalue weighted by molar-refractivity contribution is 6.01. The summed E-state index contributed by atoms with van der Waals surface area (Å²) in [6.45, 7) is 0.0847. The number of aryl methyl sites for hydroxylation is 1. The van der Waals surface area contributed by atoms with Gasteiger partial charge in [0, 0.05) is 23.8 Å². The zero-order valence-corrected chi connectivity index (χ0v) is 25.3. The maximum atomic E-state index is 14.8. The molecule has 1 amide bonds. The molecule has 0 radical (unpaired) electrons. The van der Waals surface area contributed by atoms with Crippen molar-refractivity contribution < 1.29 is 79.8 Å². The van der Waals surface area contributed by atoms with Crippen molar-refractivity contribution in [2.45, 2.75) is 75.1 Å². The number of ether oxygens (including phenoxy) is 1. The fraction of sp³-hybridized carbons (Fsp3) is 0.481. The van der Waals surface area contributed by atoms with Gasteiger partial charge >= 0.3 is 42.6 Å². The van der Waals surface area contributed by atoms with Crippen molar-refractivity contribution >= 4 is 17.5 Å². The topological polar surface area (TPSA) is 76.4 Å². The van der Waals surface area contributed by atoms with E-state index in [4.69, 9.17) is 0 Å². The lowest BCUT2D eigenvalue weighted by Crippen LogP contribution is -2.62. The van der Waals surface area contributed by atoms with Crippen molar-refractivity contribution in [3.63, 3.8) is 0 Å². The molecule has 0 aliphatic carbocycles. The molecular weight excluding hydrogens is 744 g/mol. The Hall–Kier alpha value is -4.54. The zero-order chi connectivity index (χ0) is 38.7. The number of fused-ring (bicyclic) bond motifs is 1. The Balaban J connectivity index is 1.97. The van der Waals surface area contributed by atoms with Crippen LogP contribution in [0.2, 0.25) is 0 Å². The van der Waals surface area contributed by atoms with Crippen LogP contribution in [0.15, 0.2) is 36.4 Å². The number of anilines is 2. The second kappa shape index (κ2) is 12.9. The van der Waals surface area contributed by atoms with Gasteiger partial charge in [-0.3, -0.25) is 4.79 Å². The van der Waals surface area contributed by atoms with E-state index in [1.165, 1.54) is 0 Å². The van der Waals surface area contributed by atoms with Crippen LogP contribution >= 0.6 is 0 Å². The van der Waals surface area contributed by atoms with E-state index in [1.807, 2.05) is 0 Å². The summed E-state index contributed by atoms with van der Waals surface area (Å²) in [5, 5.41) is 11.0. The molecule has 8 nitrogen and oxygen atoms in total. The van der Waals surface area contributed by atoms with E-state index in [0.717, 1.165) is 23.7 Å². The minimum Gasteiger partial charge on any atom is -0.406 e. The first-order chi connectivity index (χ1) is 23.1. The lowest BCUT2D eigenvalue weighted by Gasteiger charge is -2.45. The predicted octanol–water partition coefficient (Wildman–Crippen LogP) is 8.24. The summed E-state index contributed by atoms with van der Waals surface area (Å²) in [5.41, 5.74) is -6.10. The molecule has 4 rings (SSSR count). The second-order valence-corrected chi connectivity index (χ2v) is 11.0. The van der Waals surface area contributed by atoms with Gasteiger partial charge in [-0.25, -0.2) is 0 Å². The quantitative estimate of drug-likeness (QED) is 0.215. The Bertz CT molecular complexity index is 1720. The molecule has 0 N–H and O–H groups in total. The summed E-state index contributed by atoms with van der Waals surface area (Å²) in [5.74, 6) is -18.4. The van der Waals surface area contributed by atoms with E-state index >= 15 is 0 Å². The van der Waals surface area contributed by atoms with Crippen LogP contribution in [0.5, 0.6) is 5.75 Å². The molecule has 1 aromatic heterocycles. The summed E-state index contributed by atoms with van der Waals surface area (Å²) in [4.78, 5) is 14.3. The SMILES string of the molecule is CCC1CC(N(Cc2cc(C(F)(F)F)cc(C(F)(F)F)c2)c2nnn(C)n2)c2cc(OC(F)(F)F)ccc2N1C(=O)C(F)(F)C(F)(F)C(F)(F)F. The van der Waals surface area contributed by atoms with Gasteiger partial charge in [0.2, 0.25) is 0 Å². The number of carbonyl (C=O) groups excluding carboxylic acids is 1. The molecule has 0 fully saturated rings. The van der Waals surface area contributed by atoms with Gasteiger partial charge in [0.25, 0.3) is 5.95 Å². The van der Waals surface area contributed by atoms with E-state index in [-0.39, 0.29) is 23.1 Å². The number of hydrogen-bond donors (Lipinski definition) is 0. The summed E-state index contributed by atoms with van der Waals surface area (Å²) in [6, 6.07) is -1.93. The average molecular weight is 764 g/mol. The Labute approximate surface area is 274 Å². The molecule has 0 bridgehead atoms. The molecule has 282 valence electrons. The van der Waals surface area contributed by atoms with Crippen molar-refractivity contribution in [2.75, 3.05) is 9.80 Å². The Morgan fingerprint density at radius 3 is 1.88 bits per heavy atom. The number of benzene rings is 2. The van der Waals surface area contributed by atoms with Crippen LogP contribution < -0.4 is 14.5 Å². The van der Waals surface area contributed by atoms with Gasteiger partial charge < -0.3 is 14.5 Å². The van der Waals surface area contributed by atoms with Gasteiger partial charge in [0.05, 0.1) is 24.2 Å². The molecule has 1 aliphatic rings.